The summed E-state index contributed by atoms with van der Waals surface area (Å²) in [4.78, 5) is 10.7. The fourth-order valence-electron chi connectivity index (χ4n) is 1.58. The van der Waals surface area contributed by atoms with Crippen LogP contribution in [0.5, 0.6) is 5.75 Å². The lowest BCUT2D eigenvalue weighted by molar-refractivity contribution is -0.144. The van der Waals surface area contributed by atoms with Crippen LogP contribution in [-0.4, -0.2) is 23.2 Å². The first-order chi connectivity index (χ1) is 8.56. The van der Waals surface area contributed by atoms with Crippen molar-refractivity contribution < 1.29 is 19.0 Å². The van der Waals surface area contributed by atoms with E-state index in [1.807, 2.05) is 0 Å². The van der Waals surface area contributed by atoms with Crippen LogP contribution in [0.4, 0.5) is 4.39 Å². The Labute approximate surface area is 105 Å². The molecule has 1 aliphatic carbocycles. The molecule has 0 heterocycles. The number of carboxylic acids is 1. The van der Waals surface area contributed by atoms with E-state index in [-0.39, 0.29) is 5.82 Å². The number of hydrogen-bond acceptors (Lipinski definition) is 3. The summed E-state index contributed by atoms with van der Waals surface area (Å²) in [7, 11) is 0. The van der Waals surface area contributed by atoms with Crippen molar-refractivity contribution in [3.63, 3.8) is 0 Å². The molecule has 0 saturated heterocycles. The fraction of sp³-hybridized carbons (Fsp3) is 0.462. The zero-order valence-corrected chi connectivity index (χ0v) is 10.1. The molecule has 1 unspecified atom stereocenters. The van der Waals surface area contributed by atoms with Gasteiger partial charge >= 0.3 is 5.97 Å². The van der Waals surface area contributed by atoms with Gasteiger partial charge < -0.3 is 15.2 Å². The summed E-state index contributed by atoms with van der Waals surface area (Å²) < 4.78 is 18.5. The second-order valence-corrected chi connectivity index (χ2v) is 4.51. The lowest BCUT2D eigenvalue weighted by atomic mass is 10.2. The monoisotopic (exact) mass is 253 g/mol. The van der Waals surface area contributed by atoms with Gasteiger partial charge in [0.25, 0.3) is 0 Å². The highest BCUT2D eigenvalue weighted by molar-refractivity contribution is 5.72. The Kier molecular flexibility index (Phi) is 3.81. The number of nitrogens with one attached hydrogen (secondary N) is 1. The van der Waals surface area contributed by atoms with Gasteiger partial charge in [0.1, 0.15) is 11.6 Å². The molecule has 2 N–H and O–H groups in total. The lowest BCUT2D eigenvalue weighted by Crippen LogP contribution is -2.24. The van der Waals surface area contributed by atoms with Crippen LogP contribution in [0.15, 0.2) is 18.2 Å². The van der Waals surface area contributed by atoms with E-state index in [0.29, 0.717) is 23.9 Å². The molecule has 4 nitrogen and oxygen atoms in total. The van der Waals surface area contributed by atoms with Crippen molar-refractivity contribution in [3.8, 4) is 5.75 Å². The molecule has 0 amide bonds. The third kappa shape index (κ3) is 3.43. The smallest absolute Gasteiger partial charge is 0.344 e. The van der Waals surface area contributed by atoms with Gasteiger partial charge in [-0.3, -0.25) is 0 Å². The Morgan fingerprint density at radius 1 is 1.61 bits per heavy atom. The molecule has 0 radical (unpaired) electrons. The largest absolute Gasteiger partial charge is 0.479 e. The Hall–Kier alpha value is -1.62. The van der Waals surface area contributed by atoms with Crippen LogP contribution in [-0.2, 0) is 11.3 Å². The summed E-state index contributed by atoms with van der Waals surface area (Å²) >= 11 is 0. The van der Waals surface area contributed by atoms with E-state index in [9.17, 15) is 9.18 Å². The van der Waals surface area contributed by atoms with Crippen molar-refractivity contribution in [1.82, 2.24) is 5.32 Å². The van der Waals surface area contributed by atoms with Crippen molar-refractivity contribution in [2.45, 2.75) is 38.5 Å². The molecule has 0 aromatic heterocycles. The predicted octanol–water partition coefficient (Wildman–Crippen LogP) is 1.93. The van der Waals surface area contributed by atoms with E-state index in [4.69, 9.17) is 9.84 Å². The molecule has 18 heavy (non-hydrogen) atoms. The van der Waals surface area contributed by atoms with Crippen LogP contribution in [0.3, 0.4) is 0 Å². The van der Waals surface area contributed by atoms with Crippen LogP contribution >= 0.6 is 0 Å². The number of ether oxygens (including phenoxy) is 1. The SMILES string of the molecule is CC(Oc1ccc(F)cc1CNC1CC1)C(=O)O. The first kappa shape index (κ1) is 12.8. The summed E-state index contributed by atoms with van der Waals surface area (Å²) in [6.07, 6.45) is 1.32. The Morgan fingerprint density at radius 2 is 2.33 bits per heavy atom. The van der Waals surface area contributed by atoms with Gasteiger partial charge in [-0.25, -0.2) is 9.18 Å². The van der Waals surface area contributed by atoms with Crippen LogP contribution in [0.2, 0.25) is 0 Å². The third-order valence-electron chi connectivity index (χ3n) is 2.83. The highest BCUT2D eigenvalue weighted by atomic mass is 19.1. The van der Waals surface area contributed by atoms with E-state index < -0.39 is 12.1 Å². The molecule has 1 saturated carbocycles. The number of halogens is 1. The molecular weight excluding hydrogens is 237 g/mol. The summed E-state index contributed by atoms with van der Waals surface area (Å²) in [5.41, 5.74) is 0.648. The highest BCUT2D eigenvalue weighted by Gasteiger charge is 2.21. The summed E-state index contributed by atoms with van der Waals surface area (Å²) in [5, 5.41) is 12.1. The van der Waals surface area contributed by atoms with E-state index in [0.717, 1.165) is 12.8 Å². The van der Waals surface area contributed by atoms with Gasteiger partial charge in [0, 0.05) is 18.2 Å². The second-order valence-electron chi connectivity index (χ2n) is 4.51. The van der Waals surface area contributed by atoms with Crippen molar-refractivity contribution in [2.24, 2.45) is 0 Å². The highest BCUT2D eigenvalue weighted by Crippen LogP contribution is 2.24. The maximum atomic E-state index is 13.2. The predicted molar refractivity (Wildman–Crippen MR) is 64.0 cm³/mol. The molecule has 0 spiro atoms. The Balaban J connectivity index is 2.08. The average molecular weight is 253 g/mol. The fourth-order valence-corrected chi connectivity index (χ4v) is 1.58. The summed E-state index contributed by atoms with van der Waals surface area (Å²) in [6.45, 7) is 1.94. The normalized spacial score (nSPS) is 16.3. The van der Waals surface area contributed by atoms with Gasteiger partial charge in [-0.1, -0.05) is 0 Å². The first-order valence-corrected chi connectivity index (χ1v) is 5.97. The zero-order valence-electron chi connectivity index (χ0n) is 10.1. The zero-order chi connectivity index (χ0) is 13.1. The standard InChI is InChI=1S/C13H16FNO3/c1-8(13(16)17)18-12-5-2-10(14)6-9(12)7-15-11-3-4-11/h2,5-6,8,11,15H,3-4,7H2,1H3,(H,16,17). The molecule has 1 aromatic carbocycles. The van der Waals surface area contributed by atoms with Crippen LogP contribution in [0, 0.1) is 5.82 Å². The van der Waals surface area contributed by atoms with Gasteiger partial charge in [-0.2, -0.15) is 0 Å². The van der Waals surface area contributed by atoms with E-state index >= 15 is 0 Å². The van der Waals surface area contributed by atoms with Gasteiger partial charge in [0.05, 0.1) is 0 Å². The molecule has 1 fully saturated rings. The van der Waals surface area contributed by atoms with Crippen molar-refractivity contribution in [2.75, 3.05) is 0 Å². The second kappa shape index (κ2) is 5.35. The van der Waals surface area contributed by atoms with Crippen LogP contribution < -0.4 is 10.1 Å². The van der Waals surface area contributed by atoms with Crippen molar-refractivity contribution in [1.29, 1.82) is 0 Å². The van der Waals surface area contributed by atoms with Gasteiger partial charge in [-0.05, 0) is 38.0 Å². The van der Waals surface area contributed by atoms with Crippen molar-refractivity contribution in [3.05, 3.63) is 29.6 Å². The van der Waals surface area contributed by atoms with Gasteiger partial charge in [-0.15, -0.1) is 0 Å². The average Bonchev–Trinajstić information content (AvgIpc) is 3.13. The topological polar surface area (TPSA) is 58.6 Å². The van der Waals surface area contributed by atoms with Gasteiger partial charge in [0.15, 0.2) is 6.10 Å². The minimum Gasteiger partial charge on any atom is -0.479 e. The number of benzene rings is 1. The number of carbonyl (C=O) groups is 1. The molecule has 0 aliphatic heterocycles. The van der Waals surface area contributed by atoms with Crippen LogP contribution in [0.25, 0.3) is 0 Å². The lowest BCUT2D eigenvalue weighted by Gasteiger charge is -2.15. The Morgan fingerprint density at radius 3 is 2.94 bits per heavy atom. The quantitative estimate of drug-likeness (QED) is 0.813. The number of hydrogen-bond donors (Lipinski definition) is 2. The number of carboxylic acid groups (broad SMARTS) is 1. The molecule has 0 bridgehead atoms. The molecular formula is C13H16FNO3. The molecule has 1 aromatic rings. The van der Waals surface area contributed by atoms with Crippen molar-refractivity contribution >= 4 is 5.97 Å². The minimum atomic E-state index is -1.04. The summed E-state index contributed by atoms with van der Waals surface area (Å²) in [5.74, 6) is -0.974. The Bertz CT molecular complexity index is 446. The van der Waals surface area contributed by atoms with E-state index in [1.54, 1.807) is 0 Å². The van der Waals surface area contributed by atoms with E-state index in [2.05, 4.69) is 5.32 Å². The van der Waals surface area contributed by atoms with Gasteiger partial charge in [0.2, 0.25) is 0 Å². The molecule has 2 rings (SSSR count). The first-order valence-electron chi connectivity index (χ1n) is 5.97. The molecule has 1 atom stereocenters. The number of aliphatic carboxylic acids is 1. The minimum absolute atomic E-state index is 0.349. The molecule has 1 aliphatic rings. The molecule has 5 heteroatoms. The maximum Gasteiger partial charge on any atom is 0.344 e. The maximum absolute atomic E-state index is 13.2. The van der Waals surface area contributed by atoms with Crippen LogP contribution in [0.1, 0.15) is 25.3 Å². The third-order valence-corrected chi connectivity index (χ3v) is 2.83. The number of rotatable bonds is 6. The summed E-state index contributed by atoms with van der Waals surface area (Å²) in [6, 6.07) is 4.61. The van der Waals surface area contributed by atoms with E-state index in [1.165, 1.54) is 25.1 Å². The molecule has 98 valence electrons.